The van der Waals surface area contributed by atoms with Crippen LogP contribution in [0.5, 0.6) is 0 Å². The van der Waals surface area contributed by atoms with Crippen LogP contribution in [0, 0.1) is 0 Å². The standard InChI is InChI=1S/C12H18BrNO4S2/c1-19-10-5-3-2-4-9(10)14-20(16,17)11-6-8(7-15)18-12(11)13/h6,9-10,14-15H,2-5,7H2,1H3. The van der Waals surface area contributed by atoms with Gasteiger partial charge in [-0.15, -0.1) is 0 Å². The van der Waals surface area contributed by atoms with Crippen LogP contribution in [-0.2, 0) is 16.6 Å². The molecule has 2 atom stereocenters. The summed E-state index contributed by atoms with van der Waals surface area (Å²) in [4.78, 5) is 0.0481. The number of rotatable bonds is 5. The minimum absolute atomic E-state index is 0.0481. The number of hydrogen-bond acceptors (Lipinski definition) is 5. The number of thioether (sulfide) groups is 1. The lowest BCUT2D eigenvalue weighted by Gasteiger charge is -2.30. The Morgan fingerprint density at radius 1 is 1.50 bits per heavy atom. The van der Waals surface area contributed by atoms with E-state index in [4.69, 9.17) is 9.52 Å². The molecule has 0 amide bonds. The van der Waals surface area contributed by atoms with E-state index in [1.165, 1.54) is 6.07 Å². The normalized spacial score (nSPS) is 23.9. The van der Waals surface area contributed by atoms with Crippen LogP contribution in [0.25, 0.3) is 0 Å². The van der Waals surface area contributed by atoms with Gasteiger partial charge in [0.25, 0.3) is 0 Å². The van der Waals surface area contributed by atoms with E-state index < -0.39 is 10.0 Å². The zero-order valence-corrected chi connectivity index (χ0v) is 14.4. The summed E-state index contributed by atoms with van der Waals surface area (Å²) in [5.74, 6) is 0.224. The fourth-order valence-corrected chi connectivity index (χ4v) is 5.77. The number of aliphatic hydroxyl groups excluding tert-OH is 1. The second-order valence-electron chi connectivity index (χ2n) is 4.80. The molecular formula is C12H18BrNO4S2. The second kappa shape index (κ2) is 6.83. The molecule has 0 aromatic carbocycles. The Hall–Kier alpha value is -0.0200. The van der Waals surface area contributed by atoms with Gasteiger partial charge in [-0.05, 0) is 35.0 Å². The van der Waals surface area contributed by atoms with Gasteiger partial charge < -0.3 is 9.52 Å². The van der Waals surface area contributed by atoms with E-state index in [9.17, 15) is 8.42 Å². The van der Waals surface area contributed by atoms with Crippen molar-refractivity contribution in [1.82, 2.24) is 4.72 Å². The molecule has 2 N–H and O–H groups in total. The maximum atomic E-state index is 12.4. The first-order chi connectivity index (χ1) is 9.47. The first-order valence-corrected chi connectivity index (χ1v) is 9.98. The van der Waals surface area contributed by atoms with Gasteiger partial charge in [0.1, 0.15) is 17.3 Å². The Morgan fingerprint density at radius 3 is 2.80 bits per heavy atom. The lowest BCUT2D eigenvalue weighted by molar-refractivity contribution is 0.245. The van der Waals surface area contributed by atoms with E-state index in [1.54, 1.807) is 11.8 Å². The molecule has 1 heterocycles. The summed E-state index contributed by atoms with van der Waals surface area (Å²) in [6.07, 6.45) is 6.08. The quantitative estimate of drug-likeness (QED) is 0.816. The summed E-state index contributed by atoms with van der Waals surface area (Å²) < 4.78 is 32.9. The Labute approximate surface area is 131 Å². The van der Waals surface area contributed by atoms with Crippen molar-refractivity contribution in [3.63, 3.8) is 0 Å². The predicted octanol–water partition coefficient (Wildman–Crippen LogP) is 2.49. The molecule has 1 aliphatic carbocycles. The van der Waals surface area contributed by atoms with Gasteiger partial charge in [0.2, 0.25) is 10.0 Å². The Morgan fingerprint density at radius 2 is 2.20 bits per heavy atom. The van der Waals surface area contributed by atoms with Gasteiger partial charge in [0.05, 0.1) is 0 Å². The van der Waals surface area contributed by atoms with Crippen molar-refractivity contribution in [3.8, 4) is 0 Å². The number of halogens is 1. The fourth-order valence-electron chi connectivity index (χ4n) is 2.44. The minimum atomic E-state index is -3.64. The van der Waals surface area contributed by atoms with Crippen LogP contribution >= 0.6 is 27.7 Å². The second-order valence-corrected chi connectivity index (χ2v) is 8.27. The van der Waals surface area contributed by atoms with E-state index >= 15 is 0 Å². The molecule has 0 radical (unpaired) electrons. The van der Waals surface area contributed by atoms with Crippen molar-refractivity contribution in [2.24, 2.45) is 0 Å². The molecule has 1 aromatic rings. The Bertz CT molecular complexity index is 558. The van der Waals surface area contributed by atoms with Gasteiger partial charge in [-0.2, -0.15) is 11.8 Å². The van der Waals surface area contributed by atoms with Gasteiger partial charge >= 0.3 is 0 Å². The molecule has 1 fully saturated rings. The predicted molar refractivity (Wildman–Crippen MR) is 82.2 cm³/mol. The first-order valence-electron chi connectivity index (χ1n) is 6.42. The van der Waals surface area contributed by atoms with E-state index in [0.29, 0.717) is 5.25 Å². The summed E-state index contributed by atoms with van der Waals surface area (Å²) in [7, 11) is -3.64. The molecule has 0 aliphatic heterocycles. The summed E-state index contributed by atoms with van der Waals surface area (Å²) in [5, 5.41) is 9.32. The van der Waals surface area contributed by atoms with Crippen LogP contribution in [0.2, 0.25) is 0 Å². The third kappa shape index (κ3) is 3.59. The van der Waals surface area contributed by atoms with Crippen molar-refractivity contribution in [1.29, 1.82) is 0 Å². The van der Waals surface area contributed by atoms with Gasteiger partial charge in [0.15, 0.2) is 4.67 Å². The van der Waals surface area contributed by atoms with E-state index in [2.05, 4.69) is 20.7 Å². The molecule has 0 spiro atoms. The third-order valence-electron chi connectivity index (χ3n) is 3.46. The first kappa shape index (κ1) is 16.4. The number of furan rings is 1. The SMILES string of the molecule is CSC1CCCCC1NS(=O)(=O)c1cc(CO)oc1Br. The van der Waals surface area contributed by atoms with Crippen molar-refractivity contribution in [2.45, 2.75) is 48.5 Å². The molecule has 5 nitrogen and oxygen atoms in total. The Balaban J connectivity index is 2.19. The molecule has 2 rings (SSSR count). The highest BCUT2D eigenvalue weighted by atomic mass is 79.9. The molecule has 1 aromatic heterocycles. The summed E-state index contributed by atoms with van der Waals surface area (Å²) in [5.41, 5.74) is 0. The summed E-state index contributed by atoms with van der Waals surface area (Å²) in [6.45, 7) is -0.328. The molecule has 0 saturated heterocycles. The summed E-state index contributed by atoms with van der Waals surface area (Å²) >= 11 is 4.79. The average Bonchev–Trinajstić information content (AvgIpc) is 2.81. The maximum Gasteiger partial charge on any atom is 0.245 e. The fraction of sp³-hybridized carbons (Fsp3) is 0.667. The smallest absolute Gasteiger partial charge is 0.245 e. The minimum Gasteiger partial charge on any atom is -0.450 e. The van der Waals surface area contributed by atoms with Crippen LogP contribution in [0.4, 0.5) is 0 Å². The Kier molecular flexibility index (Phi) is 5.58. The van der Waals surface area contributed by atoms with Crippen LogP contribution in [0.15, 0.2) is 20.0 Å². The van der Waals surface area contributed by atoms with Crippen molar-refractivity contribution < 1.29 is 17.9 Å². The molecule has 1 saturated carbocycles. The van der Waals surface area contributed by atoms with Crippen molar-refractivity contribution >= 4 is 37.7 Å². The van der Waals surface area contributed by atoms with Gasteiger partial charge in [-0.3, -0.25) is 0 Å². The highest BCUT2D eigenvalue weighted by molar-refractivity contribution is 9.10. The highest BCUT2D eigenvalue weighted by Gasteiger charge is 2.31. The number of sulfonamides is 1. The molecule has 2 unspecified atom stereocenters. The van der Waals surface area contributed by atoms with E-state index in [-0.39, 0.29) is 28.0 Å². The zero-order chi connectivity index (χ0) is 14.8. The third-order valence-corrected chi connectivity index (χ3v) is 6.98. The van der Waals surface area contributed by atoms with Crippen LogP contribution in [0.3, 0.4) is 0 Å². The van der Waals surface area contributed by atoms with Crippen molar-refractivity contribution in [2.75, 3.05) is 6.26 Å². The molecule has 1 aliphatic rings. The number of aliphatic hydroxyl groups is 1. The number of nitrogens with one attached hydrogen (secondary N) is 1. The van der Waals surface area contributed by atoms with E-state index in [1.807, 2.05) is 6.26 Å². The maximum absolute atomic E-state index is 12.4. The van der Waals surface area contributed by atoms with Crippen LogP contribution in [0.1, 0.15) is 31.4 Å². The zero-order valence-electron chi connectivity index (χ0n) is 11.1. The molecule has 8 heteroatoms. The molecule has 0 bridgehead atoms. The monoisotopic (exact) mass is 383 g/mol. The topological polar surface area (TPSA) is 79.5 Å². The van der Waals surface area contributed by atoms with Crippen LogP contribution < -0.4 is 4.72 Å². The van der Waals surface area contributed by atoms with Crippen LogP contribution in [-0.4, -0.2) is 31.1 Å². The molecule has 20 heavy (non-hydrogen) atoms. The average molecular weight is 384 g/mol. The largest absolute Gasteiger partial charge is 0.450 e. The van der Waals surface area contributed by atoms with Gasteiger partial charge in [-0.1, -0.05) is 12.8 Å². The lowest BCUT2D eigenvalue weighted by Crippen LogP contribution is -2.43. The molecular weight excluding hydrogens is 366 g/mol. The van der Waals surface area contributed by atoms with Crippen molar-refractivity contribution in [3.05, 3.63) is 16.5 Å². The summed E-state index contributed by atoms with van der Waals surface area (Å²) in [6, 6.07) is 1.30. The highest BCUT2D eigenvalue weighted by Crippen LogP contribution is 2.30. The van der Waals surface area contributed by atoms with Gasteiger partial charge in [-0.25, -0.2) is 13.1 Å². The molecule has 114 valence electrons. The van der Waals surface area contributed by atoms with E-state index in [0.717, 1.165) is 25.7 Å². The lowest BCUT2D eigenvalue weighted by atomic mass is 9.96. The van der Waals surface area contributed by atoms with Gasteiger partial charge in [0, 0.05) is 17.4 Å². The number of hydrogen-bond donors (Lipinski definition) is 2.